The summed E-state index contributed by atoms with van der Waals surface area (Å²) in [7, 11) is 1.58. The molecule has 1 fully saturated rings. The van der Waals surface area contributed by atoms with Crippen LogP contribution in [-0.4, -0.2) is 41.1 Å². The van der Waals surface area contributed by atoms with E-state index in [4.69, 9.17) is 9.47 Å². The number of aliphatic hydroxyl groups excluding tert-OH is 1. The number of methoxy groups -OCH3 is 1. The van der Waals surface area contributed by atoms with E-state index in [0.29, 0.717) is 30.6 Å². The smallest absolute Gasteiger partial charge is 0.338 e. The average molecular weight is 389 g/mol. The van der Waals surface area contributed by atoms with E-state index in [9.17, 15) is 15.0 Å². The minimum atomic E-state index is -0.987. The molecular weight excluding hydrogens is 356 g/mol. The number of carbonyl (C=O) groups is 1. The van der Waals surface area contributed by atoms with Gasteiger partial charge in [0, 0.05) is 17.8 Å². The SMILES string of the molecule is COc1ccc(C(=O)O[C@H]2CC(C)=C[C@@H](O)[C@@]3(C)CC[C@@](O)(C(C)C)[C@H]23)cc1. The van der Waals surface area contributed by atoms with Crippen LogP contribution >= 0.6 is 0 Å². The number of aliphatic hydroxyl groups is 2. The molecule has 0 heterocycles. The summed E-state index contributed by atoms with van der Waals surface area (Å²) in [5, 5.41) is 22.4. The fourth-order valence-electron chi connectivity index (χ4n) is 5.08. The molecule has 1 saturated carbocycles. The predicted molar refractivity (Wildman–Crippen MR) is 107 cm³/mol. The zero-order chi connectivity index (χ0) is 20.7. The first-order valence-electron chi connectivity index (χ1n) is 10.0. The van der Waals surface area contributed by atoms with Crippen molar-refractivity contribution in [3.05, 3.63) is 41.5 Å². The number of ether oxygens (including phenoxy) is 2. The number of rotatable bonds is 4. The first-order chi connectivity index (χ1) is 13.1. The van der Waals surface area contributed by atoms with Crippen LogP contribution in [0.15, 0.2) is 35.9 Å². The Morgan fingerprint density at radius 2 is 1.86 bits per heavy atom. The highest BCUT2D eigenvalue weighted by Gasteiger charge is 2.61. The molecule has 154 valence electrons. The van der Waals surface area contributed by atoms with E-state index in [2.05, 4.69) is 0 Å². The number of carbonyl (C=O) groups excluding carboxylic acids is 1. The van der Waals surface area contributed by atoms with E-state index in [1.54, 1.807) is 31.4 Å². The minimum Gasteiger partial charge on any atom is -0.497 e. The number of fused-ring (bicyclic) bond motifs is 1. The maximum Gasteiger partial charge on any atom is 0.338 e. The number of hydrogen-bond donors (Lipinski definition) is 2. The Bertz CT molecular complexity index is 753. The number of esters is 1. The third-order valence-corrected chi connectivity index (χ3v) is 6.91. The van der Waals surface area contributed by atoms with Crippen molar-refractivity contribution in [1.82, 2.24) is 0 Å². The molecule has 0 spiro atoms. The molecule has 2 aliphatic rings. The maximum absolute atomic E-state index is 12.9. The lowest BCUT2D eigenvalue weighted by Gasteiger charge is -2.44. The Kier molecular flexibility index (Phi) is 5.61. The lowest BCUT2D eigenvalue weighted by atomic mass is 9.66. The van der Waals surface area contributed by atoms with E-state index >= 15 is 0 Å². The van der Waals surface area contributed by atoms with Crippen LogP contribution in [0, 0.1) is 17.3 Å². The Balaban J connectivity index is 1.94. The molecule has 2 aliphatic carbocycles. The van der Waals surface area contributed by atoms with E-state index in [0.717, 1.165) is 5.57 Å². The summed E-state index contributed by atoms with van der Waals surface area (Å²) in [6.07, 6.45) is 2.48. The van der Waals surface area contributed by atoms with Crippen LogP contribution in [0.5, 0.6) is 5.75 Å². The summed E-state index contributed by atoms with van der Waals surface area (Å²) < 4.78 is 11.1. The fraction of sp³-hybridized carbons (Fsp3) is 0.609. The highest BCUT2D eigenvalue weighted by molar-refractivity contribution is 5.89. The van der Waals surface area contributed by atoms with Gasteiger partial charge in [0.05, 0.1) is 24.4 Å². The topological polar surface area (TPSA) is 76.0 Å². The lowest BCUT2D eigenvalue weighted by molar-refractivity contribution is -0.127. The van der Waals surface area contributed by atoms with Crippen LogP contribution in [0.3, 0.4) is 0 Å². The number of benzene rings is 1. The molecule has 5 heteroatoms. The van der Waals surface area contributed by atoms with Crippen molar-refractivity contribution in [2.45, 2.75) is 64.8 Å². The van der Waals surface area contributed by atoms with Gasteiger partial charge in [0.25, 0.3) is 0 Å². The van der Waals surface area contributed by atoms with Crippen molar-refractivity contribution < 1.29 is 24.5 Å². The van der Waals surface area contributed by atoms with E-state index in [1.165, 1.54) is 0 Å². The van der Waals surface area contributed by atoms with Gasteiger partial charge in [-0.1, -0.05) is 32.4 Å². The fourth-order valence-corrected chi connectivity index (χ4v) is 5.08. The van der Waals surface area contributed by atoms with Crippen molar-refractivity contribution in [3.63, 3.8) is 0 Å². The molecule has 2 N–H and O–H groups in total. The second-order valence-electron chi connectivity index (χ2n) is 8.96. The molecule has 5 atom stereocenters. The van der Waals surface area contributed by atoms with Gasteiger partial charge in [-0.2, -0.15) is 0 Å². The van der Waals surface area contributed by atoms with Gasteiger partial charge in [0.15, 0.2) is 0 Å². The van der Waals surface area contributed by atoms with Crippen molar-refractivity contribution in [3.8, 4) is 5.75 Å². The Morgan fingerprint density at radius 1 is 1.21 bits per heavy atom. The molecular formula is C23H32O5. The summed E-state index contributed by atoms with van der Waals surface area (Å²) in [4.78, 5) is 12.9. The summed E-state index contributed by atoms with van der Waals surface area (Å²) in [6, 6.07) is 6.81. The van der Waals surface area contributed by atoms with Gasteiger partial charge in [-0.3, -0.25) is 0 Å². The van der Waals surface area contributed by atoms with Crippen LogP contribution in [0.1, 0.15) is 57.3 Å². The van der Waals surface area contributed by atoms with Crippen molar-refractivity contribution >= 4 is 5.97 Å². The standard InChI is InChI=1S/C23H32O5/c1-14(2)23(26)11-10-22(4)19(24)13-15(3)12-18(20(22)23)28-21(25)16-6-8-17(27-5)9-7-16/h6-9,13-14,18-20,24,26H,10-12H2,1-5H3/t18-,19+,20+,22+,23+/m0/s1. The van der Waals surface area contributed by atoms with E-state index in [1.807, 2.05) is 33.8 Å². The Hall–Kier alpha value is -1.85. The molecule has 0 amide bonds. The second kappa shape index (κ2) is 7.53. The molecule has 0 unspecified atom stereocenters. The highest BCUT2D eigenvalue weighted by atomic mass is 16.5. The van der Waals surface area contributed by atoms with Crippen molar-refractivity contribution in [2.24, 2.45) is 17.3 Å². The highest BCUT2D eigenvalue weighted by Crippen LogP contribution is 2.58. The third kappa shape index (κ3) is 3.46. The molecule has 28 heavy (non-hydrogen) atoms. The van der Waals surface area contributed by atoms with Gasteiger partial charge in [-0.15, -0.1) is 0 Å². The summed E-state index contributed by atoms with van der Waals surface area (Å²) in [5.74, 6) is -0.0966. The van der Waals surface area contributed by atoms with Crippen molar-refractivity contribution in [2.75, 3.05) is 7.11 Å². The number of hydrogen-bond acceptors (Lipinski definition) is 5. The van der Waals surface area contributed by atoms with E-state index < -0.39 is 29.2 Å². The Labute approximate surface area is 167 Å². The minimum absolute atomic E-state index is 0.00730. The van der Waals surface area contributed by atoms with E-state index in [-0.39, 0.29) is 11.8 Å². The molecule has 0 saturated heterocycles. The molecule has 0 aromatic heterocycles. The van der Waals surface area contributed by atoms with Gasteiger partial charge in [-0.05, 0) is 49.9 Å². The first kappa shape index (κ1) is 20.9. The molecule has 3 rings (SSSR count). The van der Waals surface area contributed by atoms with Gasteiger partial charge in [0.1, 0.15) is 11.9 Å². The molecule has 1 aromatic carbocycles. The van der Waals surface area contributed by atoms with Crippen LogP contribution < -0.4 is 4.74 Å². The quantitative estimate of drug-likeness (QED) is 0.607. The molecule has 0 radical (unpaired) electrons. The van der Waals surface area contributed by atoms with Crippen LogP contribution in [-0.2, 0) is 4.74 Å². The van der Waals surface area contributed by atoms with Gasteiger partial charge >= 0.3 is 5.97 Å². The summed E-state index contributed by atoms with van der Waals surface area (Å²) >= 11 is 0. The zero-order valence-electron chi connectivity index (χ0n) is 17.4. The first-order valence-corrected chi connectivity index (χ1v) is 10.0. The normalized spacial score (nSPS) is 35.1. The second-order valence-corrected chi connectivity index (χ2v) is 8.96. The predicted octanol–water partition coefficient (Wildman–Crippen LogP) is 3.73. The van der Waals surface area contributed by atoms with Gasteiger partial charge < -0.3 is 19.7 Å². The lowest BCUT2D eigenvalue weighted by Crippen LogP contribution is -2.52. The van der Waals surface area contributed by atoms with Gasteiger partial charge in [-0.25, -0.2) is 4.79 Å². The monoisotopic (exact) mass is 388 g/mol. The van der Waals surface area contributed by atoms with Crippen LogP contribution in [0.4, 0.5) is 0 Å². The average Bonchev–Trinajstić information content (AvgIpc) is 2.89. The third-order valence-electron chi connectivity index (χ3n) is 6.91. The Morgan fingerprint density at radius 3 is 2.43 bits per heavy atom. The summed E-state index contributed by atoms with van der Waals surface area (Å²) in [6.45, 7) is 7.93. The zero-order valence-corrected chi connectivity index (χ0v) is 17.4. The van der Waals surface area contributed by atoms with Crippen LogP contribution in [0.25, 0.3) is 0 Å². The molecule has 0 aliphatic heterocycles. The molecule has 0 bridgehead atoms. The molecule has 5 nitrogen and oxygen atoms in total. The molecule has 1 aromatic rings. The van der Waals surface area contributed by atoms with Gasteiger partial charge in [0.2, 0.25) is 0 Å². The maximum atomic E-state index is 12.9. The summed E-state index contributed by atoms with van der Waals surface area (Å²) in [5.41, 5.74) is -0.109. The largest absolute Gasteiger partial charge is 0.497 e. The van der Waals surface area contributed by atoms with Crippen LogP contribution in [0.2, 0.25) is 0 Å². The van der Waals surface area contributed by atoms with Crippen molar-refractivity contribution in [1.29, 1.82) is 0 Å².